The van der Waals surface area contributed by atoms with Crippen LogP contribution >= 0.6 is 36.7 Å². The van der Waals surface area contributed by atoms with E-state index in [1.165, 1.54) is 0 Å². The number of benzene rings is 1. The van der Waals surface area contributed by atoms with E-state index in [4.69, 9.17) is 36.7 Å². The molecule has 0 atom stereocenters. The Morgan fingerprint density at radius 2 is 0.929 bits per heavy atom. The molecule has 3 aromatic heterocycles. The van der Waals surface area contributed by atoms with Crippen LogP contribution in [0.1, 0.15) is 0 Å². The summed E-state index contributed by atoms with van der Waals surface area (Å²) >= 11 is 17.5. The topological polar surface area (TPSA) is 29.6 Å². The van der Waals surface area contributed by atoms with Gasteiger partial charge in [-0.1, -0.05) is 30.3 Å². The highest BCUT2D eigenvalue weighted by Gasteiger charge is 2.46. The molecule has 6 nitrogen and oxygen atoms in total. The summed E-state index contributed by atoms with van der Waals surface area (Å²) in [4.78, 5) is 0. The van der Waals surface area contributed by atoms with E-state index in [0.717, 1.165) is 5.19 Å². The van der Waals surface area contributed by atoms with Gasteiger partial charge in [0.2, 0.25) is 0 Å². The molecule has 3 heterocycles. The van der Waals surface area contributed by atoms with Crippen LogP contribution in [0.4, 0.5) is 0 Å². The van der Waals surface area contributed by atoms with Crippen molar-refractivity contribution >= 4 is 50.4 Å². The molecule has 0 saturated carbocycles. The lowest BCUT2D eigenvalue weighted by Gasteiger charge is -2.34. The average molecular weight is 445 g/mol. The van der Waals surface area contributed by atoms with E-state index in [2.05, 4.69) is 24.8 Å². The molecule has 0 aliphatic carbocycles. The van der Waals surface area contributed by atoms with Gasteiger partial charge in [-0.3, -0.25) is 0 Å². The van der Waals surface area contributed by atoms with Gasteiger partial charge >= 0.3 is 8.56 Å². The maximum absolute atomic E-state index is 5.83. The third kappa shape index (κ3) is 2.59. The van der Waals surface area contributed by atoms with E-state index in [9.17, 15) is 0 Å². The van der Waals surface area contributed by atoms with E-state index in [-0.39, 0.29) is 0 Å². The first kappa shape index (κ1) is 19.1. The number of hydrogen-bond donors (Lipinski definition) is 0. The minimum Gasteiger partial charge on any atom is -0.327 e. The van der Waals surface area contributed by atoms with Gasteiger partial charge < -0.3 is 26.4 Å². The molecule has 4 rings (SSSR count). The lowest BCUT2D eigenvalue weighted by molar-refractivity contribution is 0.803. The van der Waals surface area contributed by atoms with Gasteiger partial charge in [0.25, 0.3) is 0 Å². The lowest BCUT2D eigenvalue weighted by Crippen LogP contribution is -2.67. The summed E-state index contributed by atoms with van der Waals surface area (Å²) in [6.07, 6.45) is 12.0. The van der Waals surface area contributed by atoms with Gasteiger partial charge in [0, 0.05) is 63.5 Å². The van der Waals surface area contributed by atoms with Crippen molar-refractivity contribution in [1.29, 1.82) is 0 Å². The van der Waals surface area contributed by atoms with E-state index in [0.29, 0.717) is 14.3 Å². The number of nitrogens with zero attached hydrogens (tertiary/aromatic N) is 6. The van der Waals surface area contributed by atoms with Crippen LogP contribution in [0.2, 0.25) is 0 Å². The third-order valence-corrected chi connectivity index (χ3v) is 11.2. The van der Waals surface area contributed by atoms with Crippen LogP contribution in [0.5, 0.6) is 0 Å². The number of aryl methyl sites for hydroxylation is 3. The smallest absolute Gasteiger partial charge is 0.327 e. The second-order valence-corrected chi connectivity index (χ2v) is 11.1. The molecule has 0 spiro atoms. The standard InChI is InChI=1S/C18H20N6S3Si/c1-19-9-12-22(16(19)25)28(15-7-5-4-6-8-15,23-13-10-20(2)17(23)26)24-14-11-21(3)18(24)27/h4-14H,1-3H3. The van der Waals surface area contributed by atoms with Gasteiger partial charge in [0.05, 0.1) is 0 Å². The molecule has 4 aromatic rings. The Labute approximate surface area is 179 Å². The zero-order chi connectivity index (χ0) is 20.1. The van der Waals surface area contributed by atoms with Crippen LogP contribution in [0.25, 0.3) is 0 Å². The van der Waals surface area contributed by atoms with Crippen LogP contribution in [0, 0.1) is 14.3 Å². The summed E-state index contributed by atoms with van der Waals surface area (Å²) in [5, 5.41) is 1.13. The molecule has 0 unspecified atom stereocenters. The molecule has 0 aliphatic rings. The molecular formula is C18H20N6S3Si. The van der Waals surface area contributed by atoms with Crippen molar-refractivity contribution in [3.63, 3.8) is 0 Å². The van der Waals surface area contributed by atoms with E-state index in [1.54, 1.807) is 0 Å². The van der Waals surface area contributed by atoms with Gasteiger partial charge in [-0.25, -0.2) is 0 Å². The zero-order valence-electron chi connectivity index (χ0n) is 15.8. The van der Waals surface area contributed by atoms with E-state index >= 15 is 0 Å². The summed E-state index contributed by atoms with van der Waals surface area (Å²) < 4.78 is 14.5. The highest BCUT2D eigenvalue weighted by atomic mass is 32.1. The molecule has 1 aromatic carbocycles. The number of aromatic nitrogens is 6. The summed E-state index contributed by atoms with van der Waals surface area (Å²) in [6.45, 7) is 0. The Balaban J connectivity index is 2.28. The minimum atomic E-state index is -3.00. The van der Waals surface area contributed by atoms with Gasteiger partial charge in [-0.05, 0) is 36.7 Å². The van der Waals surface area contributed by atoms with Gasteiger partial charge in [0.15, 0.2) is 14.3 Å². The Morgan fingerprint density at radius 3 is 1.21 bits per heavy atom. The maximum atomic E-state index is 5.83. The van der Waals surface area contributed by atoms with Crippen molar-refractivity contribution < 1.29 is 0 Å². The highest BCUT2D eigenvalue weighted by Crippen LogP contribution is 2.19. The van der Waals surface area contributed by atoms with Crippen molar-refractivity contribution in [3.05, 3.63) is 81.8 Å². The monoisotopic (exact) mass is 444 g/mol. The first-order chi connectivity index (χ1) is 13.4. The Hall–Kier alpha value is -2.27. The van der Waals surface area contributed by atoms with E-state index < -0.39 is 8.56 Å². The van der Waals surface area contributed by atoms with Crippen molar-refractivity contribution in [2.24, 2.45) is 21.1 Å². The second-order valence-electron chi connectivity index (χ2n) is 6.69. The average Bonchev–Trinajstić information content (AvgIpc) is 3.33. The first-order valence-electron chi connectivity index (χ1n) is 8.68. The van der Waals surface area contributed by atoms with E-state index in [1.807, 2.05) is 90.2 Å². The Kier molecular flexibility index (Phi) is 4.74. The fourth-order valence-corrected chi connectivity index (χ4v) is 9.31. The normalized spacial score (nSPS) is 11.8. The molecule has 28 heavy (non-hydrogen) atoms. The molecule has 144 valence electrons. The van der Waals surface area contributed by atoms with Gasteiger partial charge in [0.1, 0.15) is 0 Å². The van der Waals surface area contributed by atoms with Crippen molar-refractivity contribution in [2.45, 2.75) is 0 Å². The molecule has 0 N–H and O–H groups in total. The van der Waals surface area contributed by atoms with Crippen LogP contribution in [-0.2, 0) is 21.1 Å². The summed E-state index contributed by atoms with van der Waals surface area (Å²) in [5.41, 5.74) is 0. The zero-order valence-corrected chi connectivity index (χ0v) is 19.2. The molecule has 0 bridgehead atoms. The summed E-state index contributed by atoms with van der Waals surface area (Å²) in [7, 11) is 2.87. The molecule has 0 fully saturated rings. The number of imidazole rings is 3. The van der Waals surface area contributed by atoms with Gasteiger partial charge in [-0.2, -0.15) is 0 Å². The quantitative estimate of drug-likeness (QED) is 0.358. The first-order valence-corrected chi connectivity index (χ1v) is 11.7. The molecule has 10 heteroatoms. The molecule has 0 radical (unpaired) electrons. The largest absolute Gasteiger partial charge is 0.432 e. The fourth-order valence-electron chi connectivity index (χ4n) is 3.53. The lowest BCUT2D eigenvalue weighted by atomic mass is 10.4. The predicted octanol–water partition coefficient (Wildman–Crippen LogP) is 3.09. The molecular weight excluding hydrogens is 425 g/mol. The maximum Gasteiger partial charge on any atom is 0.432 e. The second kappa shape index (κ2) is 6.96. The summed E-state index contributed by atoms with van der Waals surface area (Å²) in [5.74, 6) is 0. The Morgan fingerprint density at radius 1 is 0.571 bits per heavy atom. The number of rotatable bonds is 4. The number of hydrogen-bond acceptors (Lipinski definition) is 3. The van der Waals surface area contributed by atoms with Crippen LogP contribution in [-0.4, -0.2) is 35.0 Å². The predicted molar refractivity (Wildman–Crippen MR) is 121 cm³/mol. The Bertz CT molecular complexity index is 1190. The van der Waals surface area contributed by atoms with Crippen molar-refractivity contribution in [2.75, 3.05) is 0 Å². The van der Waals surface area contributed by atoms with Crippen LogP contribution in [0.15, 0.2) is 67.5 Å². The van der Waals surface area contributed by atoms with Crippen LogP contribution in [0.3, 0.4) is 0 Å². The molecule has 0 saturated heterocycles. The SMILES string of the molecule is Cn1ccn([Si](c2ccccc2)(n2ccn(C)c2=S)n2ccn(C)c2=S)c1=S. The summed E-state index contributed by atoms with van der Waals surface area (Å²) in [6, 6.07) is 10.4. The molecule has 0 amide bonds. The fraction of sp³-hybridized carbons (Fsp3) is 0.167. The van der Waals surface area contributed by atoms with Crippen molar-refractivity contribution in [1.82, 2.24) is 26.4 Å². The highest BCUT2D eigenvalue weighted by molar-refractivity contribution is 7.72. The minimum absolute atomic E-state index is 0.715. The molecule has 0 aliphatic heterocycles. The third-order valence-electron chi connectivity index (χ3n) is 5.01. The van der Waals surface area contributed by atoms with Crippen LogP contribution < -0.4 is 5.19 Å². The van der Waals surface area contributed by atoms with Crippen molar-refractivity contribution in [3.8, 4) is 0 Å². The van der Waals surface area contributed by atoms with Gasteiger partial charge in [-0.15, -0.1) is 0 Å².